The first kappa shape index (κ1) is 11.7. The van der Waals surface area contributed by atoms with E-state index in [1.165, 1.54) is 20.3 Å². The summed E-state index contributed by atoms with van der Waals surface area (Å²) >= 11 is 0. The Labute approximate surface area is 88.4 Å². The molecule has 0 aliphatic carbocycles. The average Bonchev–Trinajstić information content (AvgIpc) is 2.21. The van der Waals surface area contributed by atoms with Crippen LogP contribution in [0.5, 0.6) is 0 Å². The molecule has 1 aromatic carbocycles. The van der Waals surface area contributed by atoms with E-state index in [-0.39, 0.29) is 5.56 Å². The Morgan fingerprint density at radius 2 is 1.93 bits per heavy atom. The normalized spacial score (nSPS) is 10.7. The van der Waals surface area contributed by atoms with E-state index >= 15 is 0 Å². The molecule has 1 rings (SSSR count). The van der Waals surface area contributed by atoms with Gasteiger partial charge in [0.15, 0.2) is 6.29 Å². The van der Waals surface area contributed by atoms with E-state index in [1.54, 1.807) is 6.07 Å². The van der Waals surface area contributed by atoms with E-state index in [0.29, 0.717) is 5.56 Å². The van der Waals surface area contributed by atoms with Crippen LogP contribution in [0.4, 0.5) is 0 Å². The molecule has 0 fully saturated rings. The third-order valence-corrected chi connectivity index (χ3v) is 2.22. The van der Waals surface area contributed by atoms with Crippen molar-refractivity contribution in [1.82, 2.24) is 0 Å². The van der Waals surface area contributed by atoms with Crippen LogP contribution >= 0.6 is 0 Å². The SMILES string of the molecule is COC(OC)c1c(C)cccc1C(=O)O. The van der Waals surface area contributed by atoms with Gasteiger partial charge in [0.2, 0.25) is 0 Å². The Morgan fingerprint density at radius 1 is 1.33 bits per heavy atom. The summed E-state index contributed by atoms with van der Waals surface area (Å²) in [5.41, 5.74) is 1.61. The Morgan fingerprint density at radius 3 is 2.40 bits per heavy atom. The average molecular weight is 210 g/mol. The molecule has 0 amide bonds. The van der Waals surface area contributed by atoms with Crippen LogP contribution < -0.4 is 0 Å². The molecule has 82 valence electrons. The number of aromatic carboxylic acids is 1. The third-order valence-electron chi connectivity index (χ3n) is 2.22. The van der Waals surface area contributed by atoms with Crippen molar-refractivity contribution in [2.75, 3.05) is 14.2 Å². The van der Waals surface area contributed by atoms with Crippen LogP contribution in [-0.2, 0) is 9.47 Å². The molecule has 15 heavy (non-hydrogen) atoms. The highest BCUT2D eigenvalue weighted by atomic mass is 16.7. The van der Waals surface area contributed by atoms with Gasteiger partial charge >= 0.3 is 5.97 Å². The van der Waals surface area contributed by atoms with E-state index in [1.807, 2.05) is 13.0 Å². The van der Waals surface area contributed by atoms with Gasteiger partial charge in [0.25, 0.3) is 0 Å². The van der Waals surface area contributed by atoms with Gasteiger partial charge in [0.05, 0.1) is 5.56 Å². The smallest absolute Gasteiger partial charge is 0.336 e. The van der Waals surface area contributed by atoms with Crippen LogP contribution in [-0.4, -0.2) is 25.3 Å². The Kier molecular flexibility index (Phi) is 3.82. The van der Waals surface area contributed by atoms with Gasteiger partial charge in [-0.05, 0) is 18.6 Å². The summed E-state index contributed by atoms with van der Waals surface area (Å²) < 4.78 is 10.1. The van der Waals surface area contributed by atoms with E-state index in [2.05, 4.69) is 0 Å². The molecule has 1 aromatic rings. The zero-order chi connectivity index (χ0) is 11.4. The summed E-state index contributed by atoms with van der Waals surface area (Å²) in [7, 11) is 2.96. The number of aryl methyl sites for hydroxylation is 1. The van der Waals surface area contributed by atoms with Crippen LogP contribution in [0, 0.1) is 6.92 Å². The molecular weight excluding hydrogens is 196 g/mol. The minimum atomic E-state index is -0.979. The van der Waals surface area contributed by atoms with Gasteiger partial charge in [-0.2, -0.15) is 0 Å². The molecule has 4 heteroatoms. The summed E-state index contributed by atoms with van der Waals surface area (Å²) in [6, 6.07) is 5.06. The standard InChI is InChI=1S/C11H14O4/c1-7-5-4-6-8(10(12)13)9(7)11(14-2)15-3/h4-6,11H,1-3H3,(H,12,13). The third kappa shape index (κ3) is 2.34. The van der Waals surface area contributed by atoms with Gasteiger partial charge in [-0.1, -0.05) is 12.1 Å². The van der Waals surface area contributed by atoms with Gasteiger partial charge in [0.1, 0.15) is 0 Å². The Hall–Kier alpha value is -1.39. The highest BCUT2D eigenvalue weighted by Gasteiger charge is 2.20. The number of carbonyl (C=O) groups is 1. The van der Waals surface area contributed by atoms with Crippen molar-refractivity contribution in [3.8, 4) is 0 Å². The molecule has 0 saturated carbocycles. The number of methoxy groups -OCH3 is 2. The van der Waals surface area contributed by atoms with Crippen LogP contribution in [0.15, 0.2) is 18.2 Å². The number of carboxylic acids is 1. The molecule has 0 aliphatic rings. The fourth-order valence-electron chi connectivity index (χ4n) is 1.51. The van der Waals surface area contributed by atoms with E-state index in [0.717, 1.165) is 5.56 Å². The maximum atomic E-state index is 11.0. The lowest BCUT2D eigenvalue weighted by Crippen LogP contribution is -2.12. The summed E-state index contributed by atoms with van der Waals surface area (Å²) in [5.74, 6) is -0.979. The Balaban J connectivity index is 3.29. The molecule has 0 bridgehead atoms. The first-order valence-electron chi connectivity index (χ1n) is 4.50. The van der Waals surface area contributed by atoms with Gasteiger partial charge in [-0.15, -0.1) is 0 Å². The molecule has 0 atom stereocenters. The number of hydrogen-bond acceptors (Lipinski definition) is 3. The zero-order valence-electron chi connectivity index (χ0n) is 8.98. The lowest BCUT2D eigenvalue weighted by atomic mass is 10.0. The van der Waals surface area contributed by atoms with E-state index < -0.39 is 12.3 Å². The maximum absolute atomic E-state index is 11.0. The second-order valence-corrected chi connectivity index (χ2v) is 3.14. The van der Waals surface area contributed by atoms with Crippen molar-refractivity contribution >= 4 is 5.97 Å². The number of ether oxygens (including phenoxy) is 2. The van der Waals surface area contributed by atoms with Crippen molar-refractivity contribution in [3.63, 3.8) is 0 Å². The molecule has 0 aliphatic heterocycles. The highest BCUT2D eigenvalue weighted by molar-refractivity contribution is 5.89. The predicted octanol–water partition coefficient (Wildman–Crippen LogP) is 1.98. The summed E-state index contributed by atoms with van der Waals surface area (Å²) in [5, 5.41) is 9.02. The van der Waals surface area contributed by atoms with Crippen molar-refractivity contribution in [3.05, 3.63) is 34.9 Å². The lowest BCUT2D eigenvalue weighted by Gasteiger charge is -2.18. The molecular formula is C11H14O4. The molecule has 0 heterocycles. The summed E-state index contributed by atoms with van der Waals surface area (Å²) in [6.45, 7) is 1.83. The van der Waals surface area contributed by atoms with Crippen molar-refractivity contribution in [2.24, 2.45) is 0 Å². The molecule has 1 N–H and O–H groups in total. The minimum absolute atomic E-state index is 0.212. The van der Waals surface area contributed by atoms with Gasteiger partial charge in [-0.3, -0.25) is 0 Å². The molecule has 0 saturated heterocycles. The van der Waals surface area contributed by atoms with Gasteiger partial charge in [0, 0.05) is 19.8 Å². The topological polar surface area (TPSA) is 55.8 Å². The van der Waals surface area contributed by atoms with Crippen molar-refractivity contribution < 1.29 is 19.4 Å². The largest absolute Gasteiger partial charge is 0.478 e. The lowest BCUT2D eigenvalue weighted by molar-refractivity contribution is -0.106. The fourth-order valence-corrected chi connectivity index (χ4v) is 1.51. The van der Waals surface area contributed by atoms with E-state index in [9.17, 15) is 4.79 Å². The number of rotatable bonds is 4. The molecule has 0 aromatic heterocycles. The van der Waals surface area contributed by atoms with E-state index in [4.69, 9.17) is 14.6 Å². The highest BCUT2D eigenvalue weighted by Crippen LogP contribution is 2.25. The van der Waals surface area contributed by atoms with Gasteiger partial charge in [-0.25, -0.2) is 4.79 Å². The molecule has 0 spiro atoms. The number of benzene rings is 1. The molecule has 4 nitrogen and oxygen atoms in total. The van der Waals surface area contributed by atoms with Crippen LogP contribution in [0.1, 0.15) is 27.8 Å². The summed E-state index contributed by atoms with van der Waals surface area (Å²) in [4.78, 5) is 11.0. The van der Waals surface area contributed by atoms with Crippen molar-refractivity contribution in [2.45, 2.75) is 13.2 Å². The second kappa shape index (κ2) is 4.91. The van der Waals surface area contributed by atoms with Gasteiger partial charge < -0.3 is 14.6 Å². The maximum Gasteiger partial charge on any atom is 0.336 e. The quantitative estimate of drug-likeness (QED) is 0.772. The first-order chi connectivity index (χ1) is 7.11. The van der Waals surface area contributed by atoms with Crippen molar-refractivity contribution in [1.29, 1.82) is 0 Å². The fraction of sp³-hybridized carbons (Fsp3) is 0.364. The van der Waals surface area contributed by atoms with Crippen LogP contribution in [0.2, 0.25) is 0 Å². The first-order valence-corrected chi connectivity index (χ1v) is 4.50. The second-order valence-electron chi connectivity index (χ2n) is 3.14. The molecule has 0 unspecified atom stereocenters. The minimum Gasteiger partial charge on any atom is -0.478 e. The van der Waals surface area contributed by atoms with Crippen LogP contribution in [0.25, 0.3) is 0 Å². The number of hydrogen-bond donors (Lipinski definition) is 1. The number of carboxylic acid groups (broad SMARTS) is 1. The predicted molar refractivity (Wildman–Crippen MR) is 54.9 cm³/mol. The van der Waals surface area contributed by atoms with Crippen LogP contribution in [0.3, 0.4) is 0 Å². The zero-order valence-corrected chi connectivity index (χ0v) is 8.98. The Bertz CT molecular complexity index is 356. The molecule has 0 radical (unpaired) electrons. The monoisotopic (exact) mass is 210 g/mol. The summed E-state index contributed by atoms with van der Waals surface area (Å²) in [6.07, 6.45) is -0.641.